The molecule has 1 aromatic carbocycles. The summed E-state index contributed by atoms with van der Waals surface area (Å²) in [6, 6.07) is 12.4. The summed E-state index contributed by atoms with van der Waals surface area (Å²) in [7, 11) is 0. The molecule has 0 amide bonds. The van der Waals surface area contributed by atoms with E-state index in [-0.39, 0.29) is 6.04 Å². The number of nitriles is 2. The molecule has 0 aliphatic carbocycles. The Balaban J connectivity index is 1.47. The van der Waals surface area contributed by atoms with Gasteiger partial charge in [-0.05, 0) is 31.0 Å². The second kappa shape index (κ2) is 7.46. The third kappa shape index (κ3) is 3.47. The summed E-state index contributed by atoms with van der Waals surface area (Å²) in [6.07, 6.45) is 5.31. The summed E-state index contributed by atoms with van der Waals surface area (Å²) in [6.45, 7) is 2.55. The molecular weight excluding hydrogens is 336 g/mol. The number of piperazine rings is 1. The predicted octanol–water partition coefficient (Wildman–Crippen LogP) is 1.92. The number of benzene rings is 1. The quantitative estimate of drug-likeness (QED) is 0.728. The van der Waals surface area contributed by atoms with E-state index in [9.17, 15) is 5.26 Å². The largest absolute Gasteiger partial charge is 0.351 e. The second-order valence-electron chi connectivity index (χ2n) is 6.73. The van der Waals surface area contributed by atoms with Crippen molar-refractivity contribution in [1.29, 1.82) is 10.5 Å². The van der Waals surface area contributed by atoms with Gasteiger partial charge in [0.25, 0.3) is 0 Å². The maximum Gasteiger partial charge on any atom is 0.183 e. The van der Waals surface area contributed by atoms with E-state index in [1.165, 1.54) is 0 Å². The van der Waals surface area contributed by atoms with E-state index in [1.807, 2.05) is 18.2 Å². The van der Waals surface area contributed by atoms with Gasteiger partial charge in [-0.3, -0.25) is 4.90 Å². The van der Waals surface area contributed by atoms with Gasteiger partial charge in [0.2, 0.25) is 0 Å². The highest BCUT2D eigenvalue weighted by molar-refractivity contribution is 5.50. The van der Waals surface area contributed by atoms with Crippen LogP contribution in [0.4, 0.5) is 5.82 Å². The molecule has 2 aliphatic heterocycles. The molecule has 27 heavy (non-hydrogen) atoms. The van der Waals surface area contributed by atoms with Crippen LogP contribution >= 0.6 is 0 Å². The molecule has 0 spiro atoms. The lowest BCUT2D eigenvalue weighted by molar-refractivity contribution is 0.202. The van der Waals surface area contributed by atoms with Gasteiger partial charge in [0.05, 0.1) is 17.7 Å². The van der Waals surface area contributed by atoms with Crippen molar-refractivity contribution < 1.29 is 0 Å². The van der Waals surface area contributed by atoms with Crippen molar-refractivity contribution in [2.75, 3.05) is 24.5 Å². The lowest BCUT2D eigenvalue weighted by Gasteiger charge is -2.39. The van der Waals surface area contributed by atoms with Gasteiger partial charge in [-0.25, -0.2) is 9.97 Å². The van der Waals surface area contributed by atoms with Gasteiger partial charge in [0, 0.05) is 43.6 Å². The molecule has 3 heterocycles. The van der Waals surface area contributed by atoms with Gasteiger partial charge in [-0.15, -0.1) is 0 Å². The van der Waals surface area contributed by atoms with Crippen LogP contribution in [-0.4, -0.2) is 46.6 Å². The maximum absolute atomic E-state index is 9.27. The standard InChI is InChI=1S/C21H18N6/c22-13-17-3-1-2-16(12-17)4-5-18-6-7-19-15-26(10-11-27(18)19)21-20(14-23)24-8-9-25-21/h1-3,8-9,12,18-19H,6-7,10-11,15H2/t18-,19-/m1/s1. The van der Waals surface area contributed by atoms with Crippen molar-refractivity contribution in [2.24, 2.45) is 0 Å². The molecule has 0 N–H and O–H groups in total. The van der Waals surface area contributed by atoms with Gasteiger partial charge in [0.15, 0.2) is 11.5 Å². The molecule has 0 saturated carbocycles. The molecule has 2 aromatic rings. The molecule has 2 aliphatic rings. The Kier molecular flexibility index (Phi) is 4.71. The van der Waals surface area contributed by atoms with Crippen molar-refractivity contribution in [1.82, 2.24) is 14.9 Å². The van der Waals surface area contributed by atoms with E-state index in [0.717, 1.165) is 38.0 Å². The highest BCUT2D eigenvalue weighted by Gasteiger charge is 2.37. The SMILES string of the molecule is N#Cc1cccc(C#C[C@@H]2CC[C@@H]3CN(c4nccnc4C#N)CCN32)c1. The molecule has 2 atom stereocenters. The Morgan fingerprint density at radius 1 is 1.00 bits per heavy atom. The van der Waals surface area contributed by atoms with Gasteiger partial charge < -0.3 is 4.90 Å². The first kappa shape index (κ1) is 17.0. The number of fused-ring (bicyclic) bond motifs is 1. The summed E-state index contributed by atoms with van der Waals surface area (Å²) in [4.78, 5) is 13.1. The molecule has 1 aromatic heterocycles. The normalized spacial score (nSPS) is 21.5. The van der Waals surface area contributed by atoms with Gasteiger partial charge in [-0.1, -0.05) is 17.9 Å². The zero-order valence-electron chi connectivity index (χ0n) is 14.8. The Morgan fingerprint density at radius 3 is 2.70 bits per heavy atom. The lowest BCUT2D eigenvalue weighted by Crippen LogP contribution is -2.52. The summed E-state index contributed by atoms with van der Waals surface area (Å²) in [5, 5.41) is 18.3. The molecule has 2 fully saturated rings. The van der Waals surface area contributed by atoms with Crippen LogP contribution in [0.5, 0.6) is 0 Å². The molecular formula is C21H18N6. The monoisotopic (exact) mass is 354 g/mol. The van der Waals surface area contributed by atoms with E-state index >= 15 is 0 Å². The summed E-state index contributed by atoms with van der Waals surface area (Å²) < 4.78 is 0. The molecule has 6 nitrogen and oxygen atoms in total. The first-order valence-corrected chi connectivity index (χ1v) is 9.02. The predicted molar refractivity (Wildman–Crippen MR) is 101 cm³/mol. The molecule has 2 saturated heterocycles. The summed E-state index contributed by atoms with van der Waals surface area (Å²) in [5.74, 6) is 7.31. The van der Waals surface area contributed by atoms with Crippen molar-refractivity contribution in [2.45, 2.75) is 24.9 Å². The third-order valence-electron chi connectivity index (χ3n) is 5.16. The van der Waals surface area contributed by atoms with E-state index in [1.54, 1.807) is 18.5 Å². The Bertz CT molecular complexity index is 990. The number of rotatable bonds is 1. The minimum atomic E-state index is 0.236. The van der Waals surface area contributed by atoms with Crippen molar-refractivity contribution in [3.63, 3.8) is 0 Å². The molecule has 6 heteroatoms. The van der Waals surface area contributed by atoms with Crippen LogP contribution in [0.25, 0.3) is 0 Å². The molecule has 0 radical (unpaired) electrons. The summed E-state index contributed by atoms with van der Waals surface area (Å²) in [5.41, 5.74) is 1.91. The highest BCUT2D eigenvalue weighted by Crippen LogP contribution is 2.29. The zero-order chi connectivity index (χ0) is 18.6. The van der Waals surface area contributed by atoms with Crippen LogP contribution in [0.3, 0.4) is 0 Å². The Morgan fingerprint density at radius 2 is 1.85 bits per heavy atom. The smallest absolute Gasteiger partial charge is 0.183 e. The van der Waals surface area contributed by atoms with E-state index in [0.29, 0.717) is 23.1 Å². The molecule has 0 bridgehead atoms. The van der Waals surface area contributed by atoms with Gasteiger partial charge in [-0.2, -0.15) is 10.5 Å². The fraction of sp³-hybridized carbons (Fsp3) is 0.333. The first-order chi connectivity index (χ1) is 13.3. The zero-order valence-corrected chi connectivity index (χ0v) is 14.8. The van der Waals surface area contributed by atoms with Crippen LogP contribution in [-0.2, 0) is 0 Å². The van der Waals surface area contributed by atoms with Crippen LogP contribution in [0.1, 0.15) is 29.7 Å². The van der Waals surface area contributed by atoms with E-state index in [2.05, 4.69) is 43.7 Å². The first-order valence-electron chi connectivity index (χ1n) is 9.02. The second-order valence-corrected chi connectivity index (χ2v) is 6.73. The Labute approximate surface area is 158 Å². The highest BCUT2D eigenvalue weighted by atomic mass is 15.3. The van der Waals surface area contributed by atoms with Gasteiger partial charge >= 0.3 is 0 Å². The number of anilines is 1. The minimum absolute atomic E-state index is 0.236. The number of aromatic nitrogens is 2. The van der Waals surface area contributed by atoms with Crippen molar-refractivity contribution in [3.8, 4) is 24.0 Å². The van der Waals surface area contributed by atoms with E-state index < -0.39 is 0 Å². The molecule has 4 rings (SSSR count). The van der Waals surface area contributed by atoms with Crippen molar-refractivity contribution in [3.05, 3.63) is 53.5 Å². The average Bonchev–Trinajstić information content (AvgIpc) is 3.14. The average molecular weight is 354 g/mol. The van der Waals surface area contributed by atoms with E-state index in [4.69, 9.17) is 5.26 Å². The molecule has 0 unspecified atom stereocenters. The maximum atomic E-state index is 9.27. The Hall–Kier alpha value is -3.40. The summed E-state index contributed by atoms with van der Waals surface area (Å²) >= 11 is 0. The fourth-order valence-electron chi connectivity index (χ4n) is 3.87. The van der Waals surface area contributed by atoms with Crippen LogP contribution in [0.2, 0.25) is 0 Å². The van der Waals surface area contributed by atoms with Crippen molar-refractivity contribution >= 4 is 5.82 Å². The van der Waals surface area contributed by atoms with Crippen LogP contribution in [0, 0.1) is 34.5 Å². The van der Waals surface area contributed by atoms with Crippen LogP contribution < -0.4 is 4.90 Å². The third-order valence-corrected chi connectivity index (χ3v) is 5.16. The van der Waals surface area contributed by atoms with Gasteiger partial charge in [0.1, 0.15) is 6.07 Å². The topological polar surface area (TPSA) is 79.8 Å². The minimum Gasteiger partial charge on any atom is -0.351 e. The fourth-order valence-corrected chi connectivity index (χ4v) is 3.87. The number of nitrogens with zero attached hydrogens (tertiary/aromatic N) is 6. The lowest BCUT2D eigenvalue weighted by atomic mass is 10.1. The molecule has 132 valence electrons. The number of hydrogen-bond acceptors (Lipinski definition) is 6. The number of hydrogen-bond donors (Lipinski definition) is 0. The van der Waals surface area contributed by atoms with Crippen LogP contribution in [0.15, 0.2) is 36.7 Å².